The molecule has 1 aromatic carbocycles. The van der Waals surface area contributed by atoms with Gasteiger partial charge >= 0.3 is 0 Å². The predicted molar refractivity (Wildman–Crippen MR) is 70.4 cm³/mol. The van der Waals surface area contributed by atoms with E-state index in [0.29, 0.717) is 23.5 Å². The van der Waals surface area contributed by atoms with Crippen molar-refractivity contribution < 1.29 is 9.31 Å². The van der Waals surface area contributed by atoms with E-state index in [9.17, 15) is 14.5 Å². The Hall–Kier alpha value is -1.83. The van der Waals surface area contributed by atoms with E-state index in [4.69, 9.17) is 0 Å². The number of aromatic nitrogens is 3. The quantitative estimate of drug-likeness (QED) is 0.491. The lowest BCUT2D eigenvalue weighted by atomic mass is 10.2. The molecule has 100 valence electrons. The van der Waals surface area contributed by atoms with Crippen molar-refractivity contribution in [2.75, 3.05) is 0 Å². The lowest BCUT2D eigenvalue weighted by Crippen LogP contribution is -2.03. The summed E-state index contributed by atoms with van der Waals surface area (Å²) in [7, 11) is 0. The molecule has 2 rings (SSSR count). The molecule has 0 N–H and O–H groups in total. The summed E-state index contributed by atoms with van der Waals surface area (Å²) in [6, 6.07) is 3.49. The molecule has 6 nitrogen and oxygen atoms in total. The molecule has 0 saturated carbocycles. The van der Waals surface area contributed by atoms with Crippen molar-refractivity contribution in [2.24, 2.45) is 0 Å². The maximum absolute atomic E-state index is 13.9. The minimum Gasteiger partial charge on any atom is -0.310 e. The molecule has 0 atom stereocenters. The smallest absolute Gasteiger partial charge is 0.272 e. The second-order valence-corrected chi connectivity index (χ2v) is 4.30. The van der Waals surface area contributed by atoms with Crippen molar-refractivity contribution >= 4 is 21.6 Å². The highest BCUT2D eigenvalue weighted by molar-refractivity contribution is 9.08. The van der Waals surface area contributed by atoms with Gasteiger partial charge in [0.05, 0.1) is 21.9 Å². The molecule has 0 spiro atoms. The Morgan fingerprint density at radius 2 is 2.21 bits per heavy atom. The fourth-order valence-electron chi connectivity index (χ4n) is 1.76. The maximum Gasteiger partial charge on any atom is 0.272 e. The van der Waals surface area contributed by atoms with Crippen LogP contribution in [0, 0.1) is 15.9 Å². The Morgan fingerprint density at radius 1 is 1.47 bits per heavy atom. The first-order valence-electron chi connectivity index (χ1n) is 5.50. The van der Waals surface area contributed by atoms with Crippen LogP contribution in [0.25, 0.3) is 11.4 Å². The average molecular weight is 329 g/mol. The van der Waals surface area contributed by atoms with E-state index >= 15 is 0 Å². The van der Waals surface area contributed by atoms with E-state index < -0.39 is 10.7 Å². The molecule has 0 fully saturated rings. The van der Waals surface area contributed by atoms with Gasteiger partial charge in [0.2, 0.25) is 0 Å². The fourth-order valence-corrected chi connectivity index (χ4v) is 2.18. The van der Waals surface area contributed by atoms with Gasteiger partial charge in [-0.1, -0.05) is 15.9 Å². The summed E-state index contributed by atoms with van der Waals surface area (Å²) in [4.78, 5) is 9.94. The normalized spacial score (nSPS) is 10.7. The van der Waals surface area contributed by atoms with Crippen molar-refractivity contribution in [1.82, 2.24) is 14.8 Å². The zero-order valence-corrected chi connectivity index (χ0v) is 11.6. The van der Waals surface area contributed by atoms with E-state index in [0.717, 1.165) is 6.07 Å². The summed E-state index contributed by atoms with van der Waals surface area (Å²) in [6.07, 6.45) is 0. The standard InChI is InChI=1S/C11H10BrFN4O2/c1-2-16-10(6-12)14-15-11(16)8-4-3-7(17(18)19)5-9(8)13/h3-5H,2,6H2,1H3. The molecule has 8 heteroatoms. The minimum atomic E-state index is -0.683. The highest BCUT2D eigenvalue weighted by Crippen LogP contribution is 2.25. The summed E-state index contributed by atoms with van der Waals surface area (Å²) >= 11 is 3.28. The zero-order valence-electron chi connectivity index (χ0n) is 10.0. The fraction of sp³-hybridized carbons (Fsp3) is 0.273. The van der Waals surface area contributed by atoms with E-state index in [1.54, 1.807) is 4.57 Å². The number of halogens is 2. The molecule has 0 aliphatic carbocycles. The second kappa shape index (κ2) is 5.43. The summed E-state index contributed by atoms with van der Waals surface area (Å²) < 4.78 is 15.7. The van der Waals surface area contributed by atoms with Crippen molar-refractivity contribution in [3.63, 3.8) is 0 Å². The summed E-state index contributed by atoms with van der Waals surface area (Å²) in [5.41, 5.74) is -0.0864. The Bertz CT molecular complexity index is 629. The molecule has 0 bridgehead atoms. The molecule has 1 aromatic heterocycles. The van der Waals surface area contributed by atoms with Gasteiger partial charge in [-0.25, -0.2) is 4.39 Å². The van der Waals surface area contributed by atoms with Crippen LogP contribution < -0.4 is 0 Å². The summed E-state index contributed by atoms with van der Waals surface area (Å²) in [5, 5.41) is 19.0. The van der Waals surface area contributed by atoms with Gasteiger partial charge < -0.3 is 4.57 Å². The van der Waals surface area contributed by atoms with Gasteiger partial charge in [-0.05, 0) is 13.0 Å². The number of hydrogen-bond donors (Lipinski definition) is 0. The third-order valence-electron chi connectivity index (χ3n) is 2.67. The van der Waals surface area contributed by atoms with Crippen LogP contribution in [0.2, 0.25) is 0 Å². The highest BCUT2D eigenvalue weighted by atomic mass is 79.9. The third-order valence-corrected chi connectivity index (χ3v) is 3.17. The molecule has 0 saturated heterocycles. The van der Waals surface area contributed by atoms with Gasteiger partial charge in [0.1, 0.15) is 11.6 Å². The Morgan fingerprint density at radius 3 is 2.74 bits per heavy atom. The van der Waals surface area contributed by atoms with Crippen LogP contribution in [-0.4, -0.2) is 19.7 Å². The summed E-state index contributed by atoms with van der Waals surface area (Å²) in [6.45, 7) is 2.47. The average Bonchev–Trinajstić information content (AvgIpc) is 2.80. The van der Waals surface area contributed by atoms with Crippen LogP contribution in [0.15, 0.2) is 18.2 Å². The monoisotopic (exact) mass is 328 g/mol. The Labute approximate surface area is 116 Å². The van der Waals surface area contributed by atoms with Gasteiger partial charge in [0, 0.05) is 12.6 Å². The van der Waals surface area contributed by atoms with Crippen LogP contribution in [0.5, 0.6) is 0 Å². The molecule has 0 radical (unpaired) electrons. The number of alkyl halides is 1. The first-order valence-corrected chi connectivity index (χ1v) is 6.63. The van der Waals surface area contributed by atoms with E-state index in [1.165, 1.54) is 12.1 Å². The number of nitrogens with zero attached hydrogens (tertiary/aromatic N) is 4. The number of nitro benzene ring substituents is 1. The van der Waals surface area contributed by atoms with Gasteiger partial charge in [0.25, 0.3) is 5.69 Å². The molecule has 2 aromatic rings. The van der Waals surface area contributed by atoms with Crippen LogP contribution >= 0.6 is 15.9 Å². The predicted octanol–water partition coefficient (Wildman–Crippen LogP) is 2.91. The molecule has 0 amide bonds. The van der Waals surface area contributed by atoms with Crippen LogP contribution in [0.3, 0.4) is 0 Å². The third kappa shape index (κ3) is 2.48. The lowest BCUT2D eigenvalue weighted by Gasteiger charge is -2.06. The lowest BCUT2D eigenvalue weighted by molar-refractivity contribution is -0.385. The molecule has 0 aliphatic rings. The first-order chi connectivity index (χ1) is 9.08. The van der Waals surface area contributed by atoms with Gasteiger partial charge in [0.15, 0.2) is 5.82 Å². The van der Waals surface area contributed by atoms with Crippen LogP contribution in [0.4, 0.5) is 10.1 Å². The SMILES string of the molecule is CCn1c(CBr)nnc1-c1ccc([N+](=O)[O-])cc1F. The number of hydrogen-bond acceptors (Lipinski definition) is 4. The Balaban J connectivity index is 2.53. The number of nitro groups is 1. The van der Waals surface area contributed by atoms with Crippen LogP contribution in [-0.2, 0) is 11.9 Å². The molecule has 1 heterocycles. The topological polar surface area (TPSA) is 73.8 Å². The molecule has 0 unspecified atom stereocenters. The van der Waals surface area contributed by atoms with Gasteiger partial charge in [-0.3, -0.25) is 10.1 Å². The van der Waals surface area contributed by atoms with Crippen LogP contribution in [0.1, 0.15) is 12.7 Å². The van der Waals surface area contributed by atoms with Crippen molar-refractivity contribution in [2.45, 2.75) is 18.8 Å². The van der Waals surface area contributed by atoms with E-state index in [1.807, 2.05) is 6.92 Å². The van der Waals surface area contributed by atoms with E-state index in [2.05, 4.69) is 26.1 Å². The number of benzene rings is 1. The maximum atomic E-state index is 13.9. The van der Waals surface area contributed by atoms with Crippen molar-refractivity contribution in [3.8, 4) is 11.4 Å². The number of non-ortho nitro benzene ring substituents is 1. The van der Waals surface area contributed by atoms with E-state index in [-0.39, 0.29) is 11.3 Å². The number of rotatable bonds is 4. The Kier molecular flexibility index (Phi) is 3.89. The second-order valence-electron chi connectivity index (χ2n) is 3.74. The molecular formula is C11H10BrFN4O2. The summed E-state index contributed by atoms with van der Waals surface area (Å²) in [5.74, 6) is 0.358. The van der Waals surface area contributed by atoms with Gasteiger partial charge in [-0.15, -0.1) is 10.2 Å². The first kappa shape index (κ1) is 13.6. The molecular weight excluding hydrogens is 319 g/mol. The minimum absolute atomic E-state index is 0.201. The molecule has 0 aliphatic heterocycles. The largest absolute Gasteiger partial charge is 0.310 e. The molecule has 19 heavy (non-hydrogen) atoms. The highest BCUT2D eigenvalue weighted by Gasteiger charge is 2.18. The van der Waals surface area contributed by atoms with Crippen molar-refractivity contribution in [1.29, 1.82) is 0 Å². The zero-order chi connectivity index (χ0) is 14.0. The van der Waals surface area contributed by atoms with Crippen molar-refractivity contribution in [3.05, 3.63) is 40.0 Å². The van der Waals surface area contributed by atoms with Gasteiger partial charge in [-0.2, -0.15) is 0 Å².